The van der Waals surface area contributed by atoms with E-state index in [0.717, 1.165) is 25.4 Å². The highest BCUT2D eigenvalue weighted by atomic mass is 16.4. The van der Waals surface area contributed by atoms with Crippen LogP contribution in [0.4, 0.5) is 0 Å². The Morgan fingerprint density at radius 2 is 2.12 bits per heavy atom. The molecule has 0 bridgehead atoms. The maximum absolute atomic E-state index is 9.12. The molecule has 1 aliphatic rings. The average Bonchev–Trinajstić information content (AvgIpc) is 3.16. The SMILES string of the molecule is CN(Cc1ccc(CO)o1)C[C@@H]1CCCN(C)[C@H]1c1cncn1C. The van der Waals surface area contributed by atoms with Crippen LogP contribution in [0.2, 0.25) is 0 Å². The zero-order chi connectivity index (χ0) is 17.1. The van der Waals surface area contributed by atoms with E-state index in [1.165, 1.54) is 18.5 Å². The fraction of sp³-hybridized carbons (Fsp3) is 0.611. The van der Waals surface area contributed by atoms with Gasteiger partial charge in [-0.2, -0.15) is 0 Å². The van der Waals surface area contributed by atoms with Gasteiger partial charge in [0.1, 0.15) is 18.1 Å². The first kappa shape index (κ1) is 17.2. The molecule has 0 amide bonds. The van der Waals surface area contributed by atoms with Crippen molar-refractivity contribution in [3.05, 3.63) is 41.9 Å². The van der Waals surface area contributed by atoms with Crippen molar-refractivity contribution >= 4 is 0 Å². The molecule has 6 nitrogen and oxygen atoms in total. The number of imidazole rings is 1. The first-order chi connectivity index (χ1) is 11.6. The van der Waals surface area contributed by atoms with E-state index < -0.39 is 0 Å². The lowest BCUT2D eigenvalue weighted by Crippen LogP contribution is -2.41. The van der Waals surface area contributed by atoms with E-state index in [4.69, 9.17) is 9.52 Å². The number of piperidine rings is 1. The van der Waals surface area contributed by atoms with Crippen LogP contribution < -0.4 is 0 Å². The van der Waals surface area contributed by atoms with Crippen molar-refractivity contribution in [2.45, 2.75) is 32.0 Å². The molecule has 0 radical (unpaired) electrons. The van der Waals surface area contributed by atoms with Crippen molar-refractivity contribution in [3.8, 4) is 0 Å². The lowest BCUT2D eigenvalue weighted by molar-refractivity contribution is 0.0859. The van der Waals surface area contributed by atoms with Crippen molar-refractivity contribution in [2.75, 3.05) is 27.2 Å². The van der Waals surface area contributed by atoms with Gasteiger partial charge in [0.15, 0.2) is 0 Å². The predicted molar refractivity (Wildman–Crippen MR) is 92.3 cm³/mol. The van der Waals surface area contributed by atoms with Crippen LogP contribution in [0.5, 0.6) is 0 Å². The molecular weight excluding hydrogens is 304 g/mol. The minimum atomic E-state index is -0.0420. The molecule has 0 aromatic carbocycles. The van der Waals surface area contributed by atoms with Crippen molar-refractivity contribution in [1.82, 2.24) is 19.4 Å². The van der Waals surface area contributed by atoms with Crippen molar-refractivity contribution in [2.24, 2.45) is 13.0 Å². The van der Waals surface area contributed by atoms with Crippen LogP contribution in [0.3, 0.4) is 0 Å². The summed E-state index contributed by atoms with van der Waals surface area (Å²) in [6.07, 6.45) is 6.35. The second-order valence-electron chi connectivity index (χ2n) is 6.98. The summed E-state index contributed by atoms with van der Waals surface area (Å²) >= 11 is 0. The van der Waals surface area contributed by atoms with Gasteiger partial charge < -0.3 is 14.1 Å². The molecule has 1 N–H and O–H groups in total. The maximum atomic E-state index is 9.12. The predicted octanol–water partition coefficient (Wildman–Crippen LogP) is 2.02. The summed E-state index contributed by atoms with van der Waals surface area (Å²) in [4.78, 5) is 9.08. The summed E-state index contributed by atoms with van der Waals surface area (Å²) in [5.74, 6) is 2.10. The largest absolute Gasteiger partial charge is 0.462 e. The fourth-order valence-corrected chi connectivity index (χ4v) is 3.89. The summed E-state index contributed by atoms with van der Waals surface area (Å²) in [6, 6.07) is 4.20. The third kappa shape index (κ3) is 3.71. The Hall–Kier alpha value is -1.63. The van der Waals surface area contributed by atoms with E-state index in [2.05, 4.69) is 40.5 Å². The molecule has 1 saturated heterocycles. The Labute approximate surface area is 143 Å². The number of aliphatic hydroxyl groups is 1. The molecule has 0 spiro atoms. The van der Waals surface area contributed by atoms with E-state index >= 15 is 0 Å². The van der Waals surface area contributed by atoms with Gasteiger partial charge in [0.25, 0.3) is 0 Å². The lowest BCUT2D eigenvalue weighted by Gasteiger charge is -2.40. The van der Waals surface area contributed by atoms with Crippen LogP contribution in [0.1, 0.15) is 36.1 Å². The summed E-state index contributed by atoms with van der Waals surface area (Å²) in [7, 11) is 6.42. The zero-order valence-corrected chi connectivity index (χ0v) is 14.9. The van der Waals surface area contributed by atoms with Gasteiger partial charge in [0.05, 0.1) is 24.6 Å². The van der Waals surface area contributed by atoms with Crippen LogP contribution in [0.25, 0.3) is 0 Å². The minimum Gasteiger partial charge on any atom is -0.462 e. The van der Waals surface area contributed by atoms with Gasteiger partial charge in [-0.3, -0.25) is 9.80 Å². The molecule has 1 aliphatic heterocycles. The standard InChI is InChI=1S/C18H28N4O2/c1-20(11-15-6-7-16(12-23)24-15)10-14-5-4-8-21(2)18(14)17-9-19-13-22(17)3/h6-7,9,13-14,18,23H,4-5,8,10-12H2,1-3H3/t14-,18+/m0/s1. The quantitative estimate of drug-likeness (QED) is 0.877. The van der Waals surface area contributed by atoms with Crippen LogP contribution in [0.15, 0.2) is 29.1 Å². The molecule has 0 aliphatic carbocycles. The Balaban J connectivity index is 1.68. The molecule has 2 aromatic rings. The average molecular weight is 332 g/mol. The fourth-order valence-electron chi connectivity index (χ4n) is 3.89. The van der Waals surface area contributed by atoms with Gasteiger partial charge in [0, 0.05) is 19.8 Å². The van der Waals surface area contributed by atoms with Gasteiger partial charge in [-0.15, -0.1) is 0 Å². The second-order valence-corrected chi connectivity index (χ2v) is 6.98. The van der Waals surface area contributed by atoms with Gasteiger partial charge in [-0.25, -0.2) is 4.98 Å². The highest BCUT2D eigenvalue weighted by Crippen LogP contribution is 2.35. The molecule has 24 heavy (non-hydrogen) atoms. The number of aromatic nitrogens is 2. The van der Waals surface area contributed by atoms with E-state index in [1.807, 2.05) is 24.7 Å². The molecule has 0 unspecified atom stereocenters. The first-order valence-electron chi connectivity index (χ1n) is 8.62. The van der Waals surface area contributed by atoms with Crippen molar-refractivity contribution in [1.29, 1.82) is 0 Å². The molecular formula is C18H28N4O2. The van der Waals surface area contributed by atoms with Crippen molar-refractivity contribution in [3.63, 3.8) is 0 Å². The highest BCUT2D eigenvalue weighted by molar-refractivity contribution is 5.09. The molecule has 1 fully saturated rings. The topological polar surface area (TPSA) is 57.7 Å². The van der Waals surface area contributed by atoms with Crippen LogP contribution in [0, 0.1) is 5.92 Å². The summed E-state index contributed by atoms with van der Waals surface area (Å²) in [6.45, 7) is 2.86. The molecule has 3 heterocycles. The number of nitrogens with zero attached hydrogens (tertiary/aromatic N) is 4. The molecule has 6 heteroatoms. The monoisotopic (exact) mass is 332 g/mol. The minimum absolute atomic E-state index is 0.0420. The van der Waals surface area contributed by atoms with Gasteiger partial charge >= 0.3 is 0 Å². The lowest BCUT2D eigenvalue weighted by atomic mass is 9.87. The summed E-state index contributed by atoms with van der Waals surface area (Å²) in [5, 5.41) is 9.12. The van der Waals surface area contributed by atoms with Crippen molar-refractivity contribution < 1.29 is 9.52 Å². The van der Waals surface area contributed by atoms with Crippen LogP contribution in [-0.2, 0) is 20.2 Å². The number of hydrogen-bond donors (Lipinski definition) is 1. The molecule has 2 atom stereocenters. The van der Waals surface area contributed by atoms with E-state index in [9.17, 15) is 0 Å². The Morgan fingerprint density at radius 3 is 2.79 bits per heavy atom. The number of furan rings is 1. The van der Waals surface area contributed by atoms with E-state index in [1.54, 1.807) is 0 Å². The van der Waals surface area contributed by atoms with E-state index in [-0.39, 0.29) is 6.61 Å². The second kappa shape index (κ2) is 7.51. The van der Waals surface area contributed by atoms with Crippen LogP contribution in [-0.4, -0.2) is 51.6 Å². The molecule has 132 valence electrons. The zero-order valence-electron chi connectivity index (χ0n) is 14.9. The van der Waals surface area contributed by atoms with Gasteiger partial charge in [-0.05, 0) is 51.5 Å². The van der Waals surface area contributed by atoms with Gasteiger partial charge in [0.2, 0.25) is 0 Å². The highest BCUT2D eigenvalue weighted by Gasteiger charge is 2.33. The number of aryl methyl sites for hydroxylation is 1. The van der Waals surface area contributed by atoms with Crippen LogP contribution >= 0.6 is 0 Å². The Bertz CT molecular complexity index is 651. The number of hydrogen-bond acceptors (Lipinski definition) is 5. The van der Waals surface area contributed by atoms with E-state index in [0.29, 0.717) is 17.7 Å². The first-order valence-corrected chi connectivity index (χ1v) is 8.62. The molecule has 0 saturated carbocycles. The third-order valence-corrected chi connectivity index (χ3v) is 5.01. The summed E-state index contributed by atoms with van der Waals surface area (Å²) < 4.78 is 7.75. The number of rotatable bonds is 6. The smallest absolute Gasteiger partial charge is 0.129 e. The maximum Gasteiger partial charge on any atom is 0.129 e. The summed E-state index contributed by atoms with van der Waals surface area (Å²) in [5.41, 5.74) is 1.29. The Kier molecular flexibility index (Phi) is 5.38. The third-order valence-electron chi connectivity index (χ3n) is 5.01. The Morgan fingerprint density at radius 1 is 1.33 bits per heavy atom. The number of aliphatic hydroxyl groups excluding tert-OH is 1. The number of likely N-dealkylation sites (tertiary alicyclic amines) is 1. The normalized spacial score (nSPS) is 22.4. The molecule has 2 aromatic heterocycles. The molecule has 3 rings (SSSR count). The van der Waals surface area contributed by atoms with Gasteiger partial charge in [-0.1, -0.05) is 0 Å².